The van der Waals surface area contributed by atoms with Gasteiger partial charge in [0.1, 0.15) is 10.8 Å². The number of benzene rings is 1. The Labute approximate surface area is 206 Å². The summed E-state index contributed by atoms with van der Waals surface area (Å²) in [6.07, 6.45) is 2.77. The van der Waals surface area contributed by atoms with Crippen molar-refractivity contribution in [3.63, 3.8) is 0 Å². The van der Waals surface area contributed by atoms with E-state index in [1.54, 1.807) is 31.2 Å². The molecule has 1 aromatic carbocycles. The summed E-state index contributed by atoms with van der Waals surface area (Å²) in [5.41, 5.74) is 10.4. The minimum atomic E-state index is -0.778. The van der Waals surface area contributed by atoms with E-state index in [4.69, 9.17) is 27.1 Å². The van der Waals surface area contributed by atoms with Gasteiger partial charge in [0, 0.05) is 22.2 Å². The van der Waals surface area contributed by atoms with Crippen LogP contribution in [0.3, 0.4) is 0 Å². The molecule has 3 aliphatic rings. The molecule has 5 rings (SSSR count). The number of hydrogen-bond donors (Lipinski definition) is 1. The standard InChI is InChI=1S/C25H21ClN4O3S/c1-2-33-25(32)21-19-12-34-23-16(10-14-4-3-5-18(14)29-23)24(31)30(19)22(28)17(11-27)20(21)13-6-8-15(26)9-7-13/h6-10,20H,2-5,12,28H2,1H3. The summed E-state index contributed by atoms with van der Waals surface area (Å²) < 4.78 is 5.39. The van der Waals surface area contributed by atoms with E-state index in [-0.39, 0.29) is 35.2 Å². The molecule has 0 saturated heterocycles. The van der Waals surface area contributed by atoms with Crippen LogP contribution < -0.4 is 5.73 Å². The predicted molar refractivity (Wildman–Crippen MR) is 128 cm³/mol. The molecule has 34 heavy (non-hydrogen) atoms. The molecule has 1 amide bonds. The maximum Gasteiger partial charge on any atom is 0.336 e. The molecule has 0 saturated carbocycles. The molecule has 1 atom stereocenters. The minimum Gasteiger partial charge on any atom is -0.463 e. The Morgan fingerprint density at radius 1 is 1.35 bits per heavy atom. The van der Waals surface area contributed by atoms with Crippen molar-refractivity contribution < 1.29 is 14.3 Å². The number of nitrogens with two attached hydrogens (primary N) is 1. The quantitative estimate of drug-likeness (QED) is 0.643. The first-order valence-electron chi connectivity index (χ1n) is 11.0. The van der Waals surface area contributed by atoms with Crippen molar-refractivity contribution in [2.45, 2.75) is 37.1 Å². The van der Waals surface area contributed by atoms with E-state index in [2.05, 4.69) is 6.07 Å². The normalized spacial score (nSPS) is 19.3. The summed E-state index contributed by atoms with van der Waals surface area (Å²) in [4.78, 5) is 33.2. The Balaban J connectivity index is 1.73. The number of ether oxygens (including phenoxy) is 1. The van der Waals surface area contributed by atoms with Crippen molar-refractivity contribution in [3.8, 4) is 6.07 Å². The van der Waals surface area contributed by atoms with Crippen LogP contribution in [0.25, 0.3) is 0 Å². The average molecular weight is 493 g/mol. The van der Waals surface area contributed by atoms with Gasteiger partial charge in [-0.25, -0.2) is 9.78 Å². The largest absolute Gasteiger partial charge is 0.463 e. The smallest absolute Gasteiger partial charge is 0.336 e. The van der Waals surface area contributed by atoms with Gasteiger partial charge in [0.15, 0.2) is 0 Å². The summed E-state index contributed by atoms with van der Waals surface area (Å²) in [7, 11) is 0. The predicted octanol–water partition coefficient (Wildman–Crippen LogP) is 4.08. The second-order valence-electron chi connectivity index (χ2n) is 8.21. The Hall–Kier alpha value is -3.28. The summed E-state index contributed by atoms with van der Waals surface area (Å²) in [6, 6.07) is 10.9. The highest BCUT2D eigenvalue weighted by Crippen LogP contribution is 2.45. The molecule has 3 heterocycles. The number of aromatic nitrogens is 1. The Bertz CT molecular complexity index is 1330. The van der Waals surface area contributed by atoms with Crippen LogP contribution in [0.1, 0.15) is 46.4 Å². The number of aryl methyl sites for hydroxylation is 2. The van der Waals surface area contributed by atoms with E-state index in [0.29, 0.717) is 26.9 Å². The molecular formula is C25H21ClN4O3S. The number of allylic oxidation sites excluding steroid dienone is 1. The molecule has 2 aromatic rings. The number of amides is 1. The molecule has 2 aliphatic heterocycles. The number of fused-ring (bicyclic) bond motifs is 3. The first kappa shape index (κ1) is 22.5. The average Bonchev–Trinajstić information content (AvgIpc) is 3.24. The van der Waals surface area contributed by atoms with Crippen LogP contribution in [0, 0.1) is 11.3 Å². The number of carbonyl (C=O) groups excluding carboxylic acids is 2. The van der Waals surface area contributed by atoms with Gasteiger partial charge >= 0.3 is 5.97 Å². The summed E-state index contributed by atoms with van der Waals surface area (Å²) in [5.74, 6) is -1.46. The van der Waals surface area contributed by atoms with E-state index in [1.807, 2.05) is 6.07 Å². The fourth-order valence-corrected chi connectivity index (χ4v) is 5.91. The van der Waals surface area contributed by atoms with Crippen molar-refractivity contribution >= 4 is 35.2 Å². The van der Waals surface area contributed by atoms with E-state index in [9.17, 15) is 14.9 Å². The monoisotopic (exact) mass is 492 g/mol. The number of carbonyl (C=O) groups is 2. The number of thioether (sulfide) groups is 1. The van der Waals surface area contributed by atoms with E-state index >= 15 is 0 Å². The summed E-state index contributed by atoms with van der Waals surface area (Å²) in [5, 5.41) is 11.2. The number of nitrogens with zero attached hydrogens (tertiary/aromatic N) is 3. The van der Waals surface area contributed by atoms with Crippen LogP contribution in [0.15, 0.2) is 58.0 Å². The Morgan fingerprint density at radius 2 is 2.12 bits per heavy atom. The highest BCUT2D eigenvalue weighted by molar-refractivity contribution is 7.99. The SMILES string of the molecule is CCOC(=O)C1=C2CSc3nc4c(cc3C(=O)N2C(N)=C(C#N)C1c1ccc(Cl)cc1)CCC4. The lowest BCUT2D eigenvalue weighted by Gasteiger charge is -2.35. The van der Waals surface area contributed by atoms with Crippen LogP contribution in [0.2, 0.25) is 5.02 Å². The highest BCUT2D eigenvalue weighted by Gasteiger charge is 2.43. The first-order chi connectivity index (χ1) is 16.4. The molecule has 9 heteroatoms. The van der Waals surface area contributed by atoms with E-state index in [1.165, 1.54) is 16.7 Å². The van der Waals surface area contributed by atoms with Gasteiger partial charge in [-0.15, -0.1) is 0 Å². The van der Waals surface area contributed by atoms with Crippen LogP contribution in [-0.4, -0.2) is 34.1 Å². The number of halogens is 1. The van der Waals surface area contributed by atoms with Gasteiger partial charge in [-0.3, -0.25) is 9.69 Å². The van der Waals surface area contributed by atoms with Gasteiger partial charge in [0.05, 0.1) is 35.3 Å². The fraction of sp³-hybridized carbons (Fsp3) is 0.280. The maximum atomic E-state index is 13.8. The molecule has 0 bridgehead atoms. The minimum absolute atomic E-state index is 0.0180. The molecule has 0 radical (unpaired) electrons. The van der Waals surface area contributed by atoms with Gasteiger partial charge in [0.25, 0.3) is 5.91 Å². The molecule has 1 aromatic heterocycles. The van der Waals surface area contributed by atoms with Gasteiger partial charge in [-0.1, -0.05) is 35.5 Å². The van der Waals surface area contributed by atoms with Crippen molar-refractivity contribution in [2.24, 2.45) is 5.73 Å². The third-order valence-electron chi connectivity index (χ3n) is 6.29. The zero-order valence-corrected chi connectivity index (χ0v) is 20.0. The van der Waals surface area contributed by atoms with Crippen LogP contribution in [0.5, 0.6) is 0 Å². The number of pyridine rings is 1. The number of rotatable bonds is 3. The Kier molecular flexibility index (Phi) is 5.84. The number of nitriles is 1. The maximum absolute atomic E-state index is 13.8. The molecule has 7 nitrogen and oxygen atoms in total. The third kappa shape index (κ3) is 3.56. The summed E-state index contributed by atoms with van der Waals surface area (Å²) in [6.45, 7) is 1.87. The van der Waals surface area contributed by atoms with Crippen molar-refractivity contribution in [3.05, 3.63) is 80.4 Å². The zero-order valence-electron chi connectivity index (χ0n) is 18.4. The van der Waals surface area contributed by atoms with Crippen molar-refractivity contribution in [1.29, 1.82) is 5.26 Å². The lowest BCUT2D eigenvalue weighted by Crippen LogP contribution is -2.41. The summed E-state index contributed by atoms with van der Waals surface area (Å²) >= 11 is 7.47. The molecule has 1 unspecified atom stereocenters. The molecule has 0 fully saturated rings. The molecular weight excluding hydrogens is 472 g/mol. The van der Waals surface area contributed by atoms with Crippen LogP contribution in [0.4, 0.5) is 0 Å². The fourth-order valence-electron chi connectivity index (χ4n) is 4.75. The van der Waals surface area contributed by atoms with E-state index in [0.717, 1.165) is 30.5 Å². The second-order valence-corrected chi connectivity index (χ2v) is 9.61. The highest BCUT2D eigenvalue weighted by atomic mass is 35.5. The third-order valence-corrected chi connectivity index (χ3v) is 7.54. The van der Waals surface area contributed by atoms with Gasteiger partial charge in [-0.2, -0.15) is 5.26 Å². The lowest BCUT2D eigenvalue weighted by atomic mass is 9.81. The molecule has 0 spiro atoms. The molecule has 2 N–H and O–H groups in total. The van der Waals surface area contributed by atoms with Gasteiger partial charge < -0.3 is 10.5 Å². The molecule has 1 aliphatic carbocycles. The van der Waals surface area contributed by atoms with E-state index < -0.39 is 11.9 Å². The van der Waals surface area contributed by atoms with Crippen LogP contribution >= 0.6 is 23.4 Å². The lowest BCUT2D eigenvalue weighted by molar-refractivity contribution is -0.138. The zero-order chi connectivity index (χ0) is 24.0. The van der Waals surface area contributed by atoms with Gasteiger partial charge in [-0.05, 0) is 55.5 Å². The topological polar surface area (TPSA) is 109 Å². The van der Waals surface area contributed by atoms with Crippen molar-refractivity contribution in [2.75, 3.05) is 12.4 Å². The van der Waals surface area contributed by atoms with Crippen molar-refractivity contribution in [1.82, 2.24) is 9.88 Å². The molecule has 172 valence electrons. The number of hydrogen-bond acceptors (Lipinski definition) is 7. The number of esters is 1. The van der Waals surface area contributed by atoms with Gasteiger partial charge in [0.2, 0.25) is 0 Å². The first-order valence-corrected chi connectivity index (χ1v) is 12.4. The van der Waals surface area contributed by atoms with Crippen LogP contribution in [-0.2, 0) is 22.4 Å². The Morgan fingerprint density at radius 3 is 2.82 bits per heavy atom. The second kappa shape index (κ2) is 8.82.